The molecule has 6 nitrogen and oxygen atoms in total. The van der Waals surface area contributed by atoms with Crippen LogP contribution in [0.4, 0.5) is 16.0 Å². The highest BCUT2D eigenvalue weighted by Crippen LogP contribution is 2.24. The molecule has 24 heavy (non-hydrogen) atoms. The molecule has 0 spiro atoms. The van der Waals surface area contributed by atoms with E-state index >= 15 is 0 Å². The number of nitrogens with one attached hydrogen (secondary N) is 1. The van der Waals surface area contributed by atoms with Gasteiger partial charge in [0.25, 0.3) is 0 Å². The Bertz CT molecular complexity index is 875. The molecule has 0 atom stereocenters. The predicted molar refractivity (Wildman–Crippen MR) is 89.7 cm³/mol. The predicted octanol–water partition coefficient (Wildman–Crippen LogP) is 2.99. The summed E-state index contributed by atoms with van der Waals surface area (Å²) < 4.78 is 18.7. The fourth-order valence-electron chi connectivity index (χ4n) is 2.17. The first kappa shape index (κ1) is 15.4. The van der Waals surface area contributed by atoms with Crippen molar-refractivity contribution < 1.29 is 9.13 Å². The Morgan fingerprint density at radius 3 is 2.25 bits per heavy atom. The second-order valence-corrected chi connectivity index (χ2v) is 4.98. The van der Waals surface area contributed by atoms with Crippen molar-refractivity contribution in [2.45, 2.75) is 0 Å². The van der Waals surface area contributed by atoms with E-state index in [4.69, 9.17) is 21.6 Å². The van der Waals surface area contributed by atoms with Gasteiger partial charge in [-0.15, -0.1) is 0 Å². The van der Waals surface area contributed by atoms with Crippen LogP contribution >= 0.6 is 0 Å². The number of hydrogen-bond acceptors (Lipinski definition) is 6. The number of rotatable bonds is 4. The number of halogens is 1. The van der Waals surface area contributed by atoms with Crippen LogP contribution in [0.25, 0.3) is 0 Å². The third kappa shape index (κ3) is 3.14. The van der Waals surface area contributed by atoms with Crippen molar-refractivity contribution in [1.29, 1.82) is 5.41 Å². The highest BCUT2D eigenvalue weighted by Gasteiger charge is 2.14. The minimum Gasteiger partial charge on any atom is -0.457 e. The molecule has 0 radical (unpaired) electrons. The number of nitrogen functional groups attached to an aromatic ring is 2. The van der Waals surface area contributed by atoms with Crippen molar-refractivity contribution in [1.82, 2.24) is 9.97 Å². The lowest BCUT2D eigenvalue weighted by molar-refractivity contribution is 0.477. The molecule has 120 valence electrons. The molecule has 0 saturated heterocycles. The Balaban J connectivity index is 1.83. The van der Waals surface area contributed by atoms with E-state index in [9.17, 15) is 4.39 Å². The Hall–Kier alpha value is -3.48. The molecule has 2 aromatic carbocycles. The van der Waals surface area contributed by atoms with Crippen molar-refractivity contribution >= 4 is 17.3 Å². The van der Waals surface area contributed by atoms with Gasteiger partial charge in [0.2, 0.25) is 0 Å². The normalized spacial score (nSPS) is 10.4. The van der Waals surface area contributed by atoms with Crippen LogP contribution in [0.5, 0.6) is 11.5 Å². The maximum absolute atomic E-state index is 13.2. The number of benzene rings is 2. The smallest absolute Gasteiger partial charge is 0.138 e. The maximum atomic E-state index is 13.2. The van der Waals surface area contributed by atoms with Crippen LogP contribution in [0.1, 0.15) is 11.1 Å². The van der Waals surface area contributed by atoms with E-state index < -0.39 is 0 Å². The lowest BCUT2D eigenvalue weighted by Crippen LogP contribution is -2.11. The molecule has 0 aliphatic heterocycles. The molecular weight excluding hydrogens is 309 g/mol. The Kier molecular flexibility index (Phi) is 4.07. The second kappa shape index (κ2) is 6.33. The van der Waals surface area contributed by atoms with Crippen molar-refractivity contribution in [3.63, 3.8) is 0 Å². The van der Waals surface area contributed by atoms with E-state index in [1.807, 2.05) is 0 Å². The zero-order valence-electron chi connectivity index (χ0n) is 12.5. The summed E-state index contributed by atoms with van der Waals surface area (Å²) in [5.74, 6) is 0.825. The van der Waals surface area contributed by atoms with Crippen LogP contribution in [0, 0.1) is 11.2 Å². The highest BCUT2D eigenvalue weighted by molar-refractivity contribution is 6.15. The lowest BCUT2D eigenvalue weighted by Gasteiger charge is -2.10. The second-order valence-electron chi connectivity index (χ2n) is 4.98. The summed E-state index contributed by atoms with van der Waals surface area (Å²) in [6.07, 6.45) is 1.25. The average molecular weight is 323 g/mol. The van der Waals surface area contributed by atoms with E-state index in [0.717, 1.165) is 0 Å². The van der Waals surface area contributed by atoms with Gasteiger partial charge in [-0.05, 0) is 36.4 Å². The molecule has 0 bridgehead atoms. The molecule has 0 fully saturated rings. The van der Waals surface area contributed by atoms with Gasteiger partial charge >= 0.3 is 0 Å². The van der Waals surface area contributed by atoms with Crippen LogP contribution in [0.2, 0.25) is 0 Å². The van der Waals surface area contributed by atoms with Crippen molar-refractivity contribution in [3.8, 4) is 11.5 Å². The van der Waals surface area contributed by atoms with Crippen molar-refractivity contribution in [2.75, 3.05) is 11.5 Å². The van der Waals surface area contributed by atoms with Crippen molar-refractivity contribution in [3.05, 3.63) is 71.8 Å². The fraction of sp³-hybridized carbons (Fsp3) is 0. The standard InChI is InChI=1S/C17H14FN5O/c18-11-2-1-3-13(8-11)24-12-6-4-10(5-7-12)15(19)14-16(20)22-9-23-17(14)21/h1-9,19H,(H4,20,21,22,23). The summed E-state index contributed by atoms with van der Waals surface area (Å²) in [4.78, 5) is 7.71. The zero-order chi connectivity index (χ0) is 17.1. The lowest BCUT2D eigenvalue weighted by atomic mass is 10.0. The molecule has 1 aromatic heterocycles. The quantitative estimate of drug-likeness (QED) is 0.639. The number of ether oxygens (including phenoxy) is 1. The molecule has 7 heteroatoms. The van der Waals surface area contributed by atoms with Gasteiger partial charge in [0.1, 0.15) is 35.3 Å². The van der Waals surface area contributed by atoms with Crippen LogP contribution < -0.4 is 16.2 Å². The van der Waals surface area contributed by atoms with Gasteiger partial charge in [-0.2, -0.15) is 0 Å². The van der Waals surface area contributed by atoms with Crippen LogP contribution in [0.3, 0.4) is 0 Å². The molecule has 0 unspecified atom stereocenters. The number of nitrogens with two attached hydrogens (primary N) is 2. The van der Waals surface area contributed by atoms with E-state index in [-0.39, 0.29) is 28.7 Å². The van der Waals surface area contributed by atoms with E-state index in [2.05, 4.69) is 9.97 Å². The SMILES string of the molecule is N=C(c1ccc(Oc2cccc(F)c2)cc1)c1c(N)ncnc1N. The molecule has 0 aliphatic carbocycles. The Morgan fingerprint density at radius 1 is 0.958 bits per heavy atom. The maximum Gasteiger partial charge on any atom is 0.138 e. The number of aromatic nitrogens is 2. The Morgan fingerprint density at radius 2 is 1.62 bits per heavy atom. The highest BCUT2D eigenvalue weighted by atomic mass is 19.1. The molecule has 0 aliphatic rings. The summed E-state index contributed by atoms with van der Waals surface area (Å²) in [6, 6.07) is 12.6. The molecular formula is C17H14FN5O. The average Bonchev–Trinajstić information content (AvgIpc) is 2.55. The monoisotopic (exact) mass is 323 g/mol. The summed E-state index contributed by atoms with van der Waals surface area (Å²) >= 11 is 0. The molecule has 3 rings (SSSR count). The van der Waals surface area contributed by atoms with Crippen LogP contribution in [0.15, 0.2) is 54.9 Å². The third-order valence-electron chi connectivity index (χ3n) is 3.33. The van der Waals surface area contributed by atoms with Crippen molar-refractivity contribution in [2.24, 2.45) is 0 Å². The molecule has 5 N–H and O–H groups in total. The topological polar surface area (TPSA) is 111 Å². The summed E-state index contributed by atoms with van der Waals surface area (Å²) in [5, 5.41) is 8.24. The molecule has 1 heterocycles. The van der Waals surface area contributed by atoms with Crippen LogP contribution in [-0.2, 0) is 0 Å². The third-order valence-corrected chi connectivity index (χ3v) is 3.33. The number of hydrogen-bond donors (Lipinski definition) is 3. The molecule has 3 aromatic rings. The van der Waals surface area contributed by atoms with Crippen LogP contribution in [-0.4, -0.2) is 15.7 Å². The Labute approximate surface area is 137 Å². The molecule has 0 saturated carbocycles. The zero-order valence-corrected chi connectivity index (χ0v) is 12.5. The van der Waals surface area contributed by atoms with Gasteiger partial charge in [0.05, 0.1) is 11.3 Å². The number of anilines is 2. The minimum absolute atomic E-state index is 0.114. The molecule has 0 amide bonds. The fourth-order valence-corrected chi connectivity index (χ4v) is 2.17. The van der Waals surface area contributed by atoms with Gasteiger partial charge < -0.3 is 16.2 Å². The summed E-state index contributed by atoms with van der Waals surface area (Å²) in [5.41, 5.74) is 12.5. The first-order valence-corrected chi connectivity index (χ1v) is 7.03. The van der Waals surface area contributed by atoms with Gasteiger partial charge in [-0.1, -0.05) is 6.07 Å². The van der Waals surface area contributed by atoms with Gasteiger partial charge in [0, 0.05) is 11.6 Å². The summed E-state index contributed by atoms with van der Waals surface area (Å²) in [7, 11) is 0. The van der Waals surface area contributed by atoms with E-state index in [0.29, 0.717) is 17.1 Å². The van der Waals surface area contributed by atoms with Gasteiger partial charge in [0.15, 0.2) is 0 Å². The van der Waals surface area contributed by atoms with E-state index in [1.165, 1.54) is 18.5 Å². The van der Waals surface area contributed by atoms with Gasteiger partial charge in [-0.25, -0.2) is 14.4 Å². The largest absolute Gasteiger partial charge is 0.457 e. The summed E-state index contributed by atoms with van der Waals surface area (Å²) in [6.45, 7) is 0. The number of nitrogens with zero attached hydrogens (tertiary/aromatic N) is 2. The first-order chi connectivity index (χ1) is 11.5. The van der Waals surface area contributed by atoms with Gasteiger partial charge in [-0.3, -0.25) is 5.41 Å². The minimum atomic E-state index is -0.374. The van der Waals surface area contributed by atoms with E-state index in [1.54, 1.807) is 36.4 Å². The first-order valence-electron chi connectivity index (χ1n) is 7.03.